The lowest BCUT2D eigenvalue weighted by molar-refractivity contribution is 0.938. The van der Waals surface area contributed by atoms with E-state index in [1.165, 1.54) is 5.56 Å². The van der Waals surface area contributed by atoms with E-state index in [1.54, 1.807) is 10.7 Å². The molecule has 17 heavy (non-hydrogen) atoms. The van der Waals surface area contributed by atoms with E-state index in [-0.39, 0.29) is 0 Å². The molecule has 2 heterocycles. The fourth-order valence-electron chi connectivity index (χ4n) is 1.74. The first kappa shape index (κ1) is 10.5. The van der Waals surface area contributed by atoms with Gasteiger partial charge in [0.25, 0.3) is 0 Å². The second-order valence-electron chi connectivity index (χ2n) is 3.94. The van der Waals surface area contributed by atoms with E-state index in [1.807, 2.05) is 12.3 Å². The van der Waals surface area contributed by atoms with Gasteiger partial charge in [-0.3, -0.25) is 0 Å². The molecule has 0 unspecified atom stereocenters. The summed E-state index contributed by atoms with van der Waals surface area (Å²) >= 11 is 3.52. The molecular weight excluding hydrogens is 278 g/mol. The van der Waals surface area contributed by atoms with Crippen LogP contribution in [0.4, 0.5) is 0 Å². The van der Waals surface area contributed by atoms with E-state index in [2.05, 4.69) is 57.2 Å². The van der Waals surface area contributed by atoms with E-state index in [4.69, 9.17) is 0 Å². The van der Waals surface area contributed by atoms with Gasteiger partial charge in [0.2, 0.25) is 0 Å². The Bertz CT molecular complexity index is 671. The Morgan fingerprint density at radius 1 is 1.18 bits per heavy atom. The Labute approximate surface area is 107 Å². The van der Waals surface area contributed by atoms with Gasteiger partial charge in [0.1, 0.15) is 0 Å². The highest BCUT2D eigenvalue weighted by Gasteiger charge is 2.06. The molecule has 0 fully saturated rings. The highest BCUT2D eigenvalue weighted by Crippen LogP contribution is 2.23. The van der Waals surface area contributed by atoms with Crippen LogP contribution in [-0.4, -0.2) is 14.6 Å². The van der Waals surface area contributed by atoms with Crippen LogP contribution in [-0.2, 0) is 0 Å². The summed E-state index contributed by atoms with van der Waals surface area (Å²) in [5.74, 6) is 0. The van der Waals surface area contributed by atoms with Gasteiger partial charge in [-0.15, -0.1) is 0 Å². The summed E-state index contributed by atoms with van der Waals surface area (Å²) in [6.07, 6.45) is 3.59. The predicted molar refractivity (Wildman–Crippen MR) is 70.9 cm³/mol. The zero-order valence-corrected chi connectivity index (χ0v) is 10.8. The SMILES string of the molecule is Cc1ccc(-c2cc(Br)c3nccn3n2)cc1. The van der Waals surface area contributed by atoms with Crippen molar-refractivity contribution >= 4 is 21.6 Å². The minimum Gasteiger partial charge on any atom is -0.235 e. The second-order valence-corrected chi connectivity index (χ2v) is 4.79. The maximum atomic E-state index is 4.52. The van der Waals surface area contributed by atoms with Crippen molar-refractivity contribution in [1.82, 2.24) is 14.6 Å². The molecule has 0 aliphatic rings. The summed E-state index contributed by atoms with van der Waals surface area (Å²) in [4.78, 5) is 4.22. The third-order valence-corrected chi connectivity index (χ3v) is 3.25. The van der Waals surface area contributed by atoms with Crippen LogP contribution in [0.15, 0.2) is 47.2 Å². The van der Waals surface area contributed by atoms with Crippen LogP contribution in [0.3, 0.4) is 0 Å². The molecular formula is C13H10BrN3. The maximum absolute atomic E-state index is 4.52. The molecule has 3 nitrogen and oxygen atoms in total. The van der Waals surface area contributed by atoms with Gasteiger partial charge in [-0.05, 0) is 28.9 Å². The van der Waals surface area contributed by atoms with Gasteiger partial charge >= 0.3 is 0 Å². The van der Waals surface area contributed by atoms with E-state index in [0.717, 1.165) is 21.4 Å². The summed E-state index contributed by atoms with van der Waals surface area (Å²) in [5.41, 5.74) is 4.12. The number of rotatable bonds is 1. The normalized spacial score (nSPS) is 10.9. The summed E-state index contributed by atoms with van der Waals surface area (Å²) in [7, 11) is 0. The third kappa shape index (κ3) is 1.85. The van der Waals surface area contributed by atoms with Crippen molar-refractivity contribution in [3.8, 4) is 11.3 Å². The van der Waals surface area contributed by atoms with Crippen LogP contribution in [0.2, 0.25) is 0 Å². The molecule has 0 aliphatic carbocycles. The molecule has 0 N–H and O–H groups in total. The van der Waals surface area contributed by atoms with Crippen LogP contribution in [0.5, 0.6) is 0 Å². The number of hydrogen-bond donors (Lipinski definition) is 0. The molecule has 3 aromatic rings. The fourth-order valence-corrected chi connectivity index (χ4v) is 2.24. The van der Waals surface area contributed by atoms with Crippen molar-refractivity contribution < 1.29 is 0 Å². The van der Waals surface area contributed by atoms with Crippen molar-refractivity contribution in [2.75, 3.05) is 0 Å². The van der Waals surface area contributed by atoms with E-state index < -0.39 is 0 Å². The molecule has 4 heteroatoms. The molecule has 3 rings (SSSR count). The predicted octanol–water partition coefficient (Wildman–Crippen LogP) is 3.47. The minimum absolute atomic E-state index is 0.834. The second kappa shape index (κ2) is 3.96. The number of benzene rings is 1. The molecule has 0 atom stereocenters. The molecule has 0 saturated carbocycles. The Kier molecular flexibility index (Phi) is 2.44. The van der Waals surface area contributed by atoms with Gasteiger partial charge in [0.05, 0.1) is 10.2 Å². The standard InChI is InChI=1S/C13H10BrN3/c1-9-2-4-10(5-3-9)12-8-11(14)13-15-6-7-17(13)16-12/h2-8H,1H3. The molecule has 0 aliphatic heterocycles. The number of imidazole rings is 1. The lowest BCUT2D eigenvalue weighted by Crippen LogP contribution is -1.94. The van der Waals surface area contributed by atoms with Crippen LogP contribution in [0, 0.1) is 6.92 Å². The Morgan fingerprint density at radius 3 is 2.71 bits per heavy atom. The van der Waals surface area contributed by atoms with Gasteiger partial charge in [-0.2, -0.15) is 5.10 Å². The summed E-state index contributed by atoms with van der Waals surface area (Å²) in [5, 5.41) is 4.52. The zero-order chi connectivity index (χ0) is 11.8. The lowest BCUT2D eigenvalue weighted by atomic mass is 10.1. The van der Waals surface area contributed by atoms with Crippen molar-refractivity contribution in [2.24, 2.45) is 0 Å². The van der Waals surface area contributed by atoms with E-state index in [0.29, 0.717) is 0 Å². The van der Waals surface area contributed by atoms with Crippen LogP contribution in [0.1, 0.15) is 5.56 Å². The number of aromatic nitrogens is 3. The van der Waals surface area contributed by atoms with E-state index in [9.17, 15) is 0 Å². The maximum Gasteiger partial charge on any atom is 0.167 e. The minimum atomic E-state index is 0.834. The topological polar surface area (TPSA) is 30.2 Å². The molecule has 0 saturated heterocycles. The smallest absolute Gasteiger partial charge is 0.167 e. The average molecular weight is 288 g/mol. The molecule has 0 amide bonds. The molecule has 0 spiro atoms. The third-order valence-electron chi connectivity index (χ3n) is 2.66. The average Bonchev–Trinajstić information content (AvgIpc) is 2.78. The van der Waals surface area contributed by atoms with Crippen molar-refractivity contribution in [2.45, 2.75) is 6.92 Å². The quantitative estimate of drug-likeness (QED) is 0.686. The highest BCUT2D eigenvalue weighted by atomic mass is 79.9. The van der Waals surface area contributed by atoms with Gasteiger partial charge in [-0.1, -0.05) is 29.8 Å². The molecule has 0 bridgehead atoms. The molecule has 1 aromatic carbocycles. The number of nitrogens with zero attached hydrogens (tertiary/aromatic N) is 3. The Hall–Kier alpha value is -1.68. The largest absolute Gasteiger partial charge is 0.235 e. The van der Waals surface area contributed by atoms with E-state index >= 15 is 0 Å². The fraction of sp³-hybridized carbons (Fsp3) is 0.0769. The molecule has 2 aromatic heterocycles. The van der Waals surface area contributed by atoms with Crippen LogP contribution in [0.25, 0.3) is 16.9 Å². The first-order chi connectivity index (χ1) is 8.24. The number of halogens is 1. The number of aryl methyl sites for hydroxylation is 1. The lowest BCUT2D eigenvalue weighted by Gasteiger charge is -2.03. The summed E-state index contributed by atoms with van der Waals surface area (Å²) in [6.45, 7) is 2.08. The molecule has 0 radical (unpaired) electrons. The Morgan fingerprint density at radius 2 is 1.94 bits per heavy atom. The summed E-state index contributed by atoms with van der Waals surface area (Å²) in [6, 6.07) is 10.3. The van der Waals surface area contributed by atoms with Crippen molar-refractivity contribution in [3.63, 3.8) is 0 Å². The van der Waals surface area contributed by atoms with Crippen molar-refractivity contribution in [1.29, 1.82) is 0 Å². The number of hydrogen-bond acceptors (Lipinski definition) is 2. The van der Waals surface area contributed by atoms with Gasteiger partial charge in [0, 0.05) is 18.0 Å². The summed E-state index contributed by atoms with van der Waals surface area (Å²) < 4.78 is 2.73. The first-order valence-electron chi connectivity index (χ1n) is 5.31. The van der Waals surface area contributed by atoms with Gasteiger partial charge in [-0.25, -0.2) is 9.50 Å². The highest BCUT2D eigenvalue weighted by molar-refractivity contribution is 9.10. The van der Waals surface area contributed by atoms with Crippen LogP contribution < -0.4 is 0 Å². The van der Waals surface area contributed by atoms with Crippen LogP contribution >= 0.6 is 15.9 Å². The first-order valence-corrected chi connectivity index (χ1v) is 6.10. The van der Waals surface area contributed by atoms with Crippen molar-refractivity contribution in [3.05, 3.63) is 52.8 Å². The zero-order valence-electron chi connectivity index (χ0n) is 9.26. The molecule has 84 valence electrons. The van der Waals surface area contributed by atoms with Gasteiger partial charge in [0.15, 0.2) is 5.65 Å². The Balaban J connectivity index is 2.20. The number of fused-ring (bicyclic) bond motifs is 1. The van der Waals surface area contributed by atoms with Gasteiger partial charge < -0.3 is 0 Å². The monoisotopic (exact) mass is 287 g/mol.